The summed E-state index contributed by atoms with van der Waals surface area (Å²) < 4.78 is 72.7. The van der Waals surface area contributed by atoms with Crippen molar-refractivity contribution in [3.8, 4) is 0 Å². The van der Waals surface area contributed by atoms with E-state index in [9.17, 15) is 18.0 Å². The highest BCUT2D eigenvalue weighted by Gasteiger charge is 2.36. The van der Waals surface area contributed by atoms with Gasteiger partial charge in [0.25, 0.3) is 0 Å². The minimum atomic E-state index is -4.67. The van der Waals surface area contributed by atoms with Crippen LogP contribution >= 0.6 is 11.6 Å². The van der Waals surface area contributed by atoms with Gasteiger partial charge in [0, 0.05) is 15.1 Å². The Balaban J connectivity index is 2.26. The van der Waals surface area contributed by atoms with Gasteiger partial charge in [0.2, 0.25) is 21.8 Å². The maximum atomic E-state index is 15.1. The van der Waals surface area contributed by atoms with Crippen LogP contribution < -0.4 is 16.2 Å². The van der Waals surface area contributed by atoms with Crippen LogP contribution in [0.3, 0.4) is 0 Å². The van der Waals surface area contributed by atoms with Gasteiger partial charge in [0.15, 0.2) is 0 Å². The van der Waals surface area contributed by atoms with Crippen LogP contribution in [0.4, 0.5) is 4.39 Å². The molecule has 0 saturated heterocycles. The Morgan fingerprint density at radius 3 is 2.70 bits per heavy atom. The Labute approximate surface area is 198 Å². The lowest BCUT2D eigenvalue weighted by atomic mass is 9.85. The van der Waals surface area contributed by atoms with E-state index in [2.05, 4.69) is 9.82 Å². The van der Waals surface area contributed by atoms with E-state index in [4.69, 9.17) is 25.9 Å². The third-order valence-corrected chi connectivity index (χ3v) is 6.96. The van der Waals surface area contributed by atoms with Gasteiger partial charge in [-0.1, -0.05) is 24.5 Å². The summed E-state index contributed by atoms with van der Waals surface area (Å²) in [6.45, 7) is 0.564. The summed E-state index contributed by atoms with van der Waals surface area (Å²) in [7, 11) is -4.67. The Morgan fingerprint density at radius 2 is 2.09 bits per heavy atom. The number of amides is 1. The predicted molar refractivity (Wildman–Crippen MR) is 119 cm³/mol. The molecular formula is C21H22ClFN4O5S. The zero-order chi connectivity index (χ0) is 27.0. The maximum Gasteiger partial charge on any atom is 0.434 e. The first-order chi connectivity index (χ1) is 16.6. The van der Waals surface area contributed by atoms with E-state index < -0.39 is 69.1 Å². The number of nitrogens with two attached hydrogens (primary N) is 1. The molecule has 2 atom stereocenters. The van der Waals surface area contributed by atoms with Crippen LogP contribution in [0.2, 0.25) is 5.02 Å². The van der Waals surface area contributed by atoms with Crippen molar-refractivity contribution >= 4 is 27.5 Å². The summed E-state index contributed by atoms with van der Waals surface area (Å²) in [5.74, 6) is -4.89. The number of rotatable bonds is 8. The number of aryl methyl sites for hydroxylation is 1. The first-order valence-electron chi connectivity index (χ1n) is 11.0. The molecule has 33 heavy (non-hydrogen) atoms. The number of carbonyl (C=O) groups is 1. The summed E-state index contributed by atoms with van der Waals surface area (Å²) in [6.07, 6.45) is -0.721. The molecule has 3 rings (SSSR count). The maximum absolute atomic E-state index is 15.1. The lowest BCUT2D eigenvalue weighted by Gasteiger charge is -2.27. The SMILES string of the molecule is [2H]C([2H])([2H])C[C@H](c1c(F)ccc(C)c1C)[C@H](NS(=O)(=O)c1ccc(Cl)cc1C(N)=O)c1n[nH]c(=O)o1. The summed E-state index contributed by atoms with van der Waals surface area (Å²) in [5.41, 5.74) is 5.76. The number of aromatic amines is 1. The minimum absolute atomic E-state index is 0.0373. The zero-order valence-corrected chi connectivity index (χ0v) is 19.1. The predicted octanol–water partition coefficient (Wildman–Crippen LogP) is 3.08. The van der Waals surface area contributed by atoms with E-state index in [0.29, 0.717) is 11.1 Å². The first kappa shape index (κ1) is 20.6. The molecule has 1 heterocycles. The minimum Gasteiger partial charge on any atom is -0.391 e. The highest BCUT2D eigenvalue weighted by Crippen LogP contribution is 2.38. The molecule has 0 saturated carbocycles. The van der Waals surface area contributed by atoms with Gasteiger partial charge in [-0.3, -0.25) is 4.79 Å². The quantitative estimate of drug-likeness (QED) is 0.433. The van der Waals surface area contributed by atoms with Crippen LogP contribution in [-0.4, -0.2) is 24.5 Å². The Hall–Kier alpha value is -3.02. The van der Waals surface area contributed by atoms with Crippen molar-refractivity contribution in [1.29, 1.82) is 0 Å². The summed E-state index contributed by atoms with van der Waals surface area (Å²) in [4.78, 5) is 23.1. The molecule has 0 aliphatic rings. The average molecular weight is 500 g/mol. The number of halogens is 2. The average Bonchev–Trinajstić information content (AvgIpc) is 3.19. The molecule has 0 fully saturated rings. The van der Waals surface area contributed by atoms with Gasteiger partial charge in [-0.15, -0.1) is 5.10 Å². The second kappa shape index (κ2) is 9.46. The molecule has 0 bridgehead atoms. The third-order valence-electron chi connectivity index (χ3n) is 5.22. The van der Waals surface area contributed by atoms with Crippen molar-refractivity contribution in [1.82, 2.24) is 14.9 Å². The highest BCUT2D eigenvalue weighted by molar-refractivity contribution is 7.89. The van der Waals surface area contributed by atoms with Gasteiger partial charge in [-0.2, -0.15) is 4.72 Å². The van der Waals surface area contributed by atoms with Crippen molar-refractivity contribution in [2.24, 2.45) is 5.73 Å². The number of nitrogens with zero attached hydrogens (tertiary/aromatic N) is 1. The van der Waals surface area contributed by atoms with Crippen LogP contribution in [-0.2, 0) is 10.0 Å². The number of H-pyrrole nitrogens is 1. The molecule has 3 aromatic rings. The van der Waals surface area contributed by atoms with Gasteiger partial charge < -0.3 is 10.2 Å². The van der Waals surface area contributed by atoms with E-state index in [1.165, 1.54) is 12.1 Å². The molecule has 4 N–H and O–H groups in total. The van der Waals surface area contributed by atoms with Crippen molar-refractivity contribution in [2.45, 2.75) is 44.0 Å². The Bertz CT molecular complexity index is 1470. The number of benzene rings is 2. The van der Waals surface area contributed by atoms with E-state index >= 15 is 4.39 Å². The summed E-state index contributed by atoms with van der Waals surface area (Å²) >= 11 is 5.88. The Morgan fingerprint density at radius 1 is 1.36 bits per heavy atom. The number of hydrogen-bond acceptors (Lipinski definition) is 6. The Kier molecular flexibility index (Phi) is 5.90. The number of carbonyl (C=O) groups excluding carboxylic acids is 1. The van der Waals surface area contributed by atoms with E-state index in [0.717, 1.165) is 18.2 Å². The van der Waals surface area contributed by atoms with Gasteiger partial charge in [-0.25, -0.2) is 22.7 Å². The van der Waals surface area contributed by atoms with Crippen LogP contribution in [0.25, 0.3) is 0 Å². The second-order valence-electron chi connectivity index (χ2n) is 7.27. The fourth-order valence-electron chi connectivity index (χ4n) is 3.49. The molecule has 1 amide bonds. The molecular weight excluding hydrogens is 475 g/mol. The van der Waals surface area contributed by atoms with E-state index in [-0.39, 0.29) is 10.6 Å². The number of sulfonamides is 1. The summed E-state index contributed by atoms with van der Waals surface area (Å²) in [6, 6.07) is 4.21. The number of hydrogen-bond donors (Lipinski definition) is 3. The molecule has 0 spiro atoms. The number of primary amides is 1. The lowest BCUT2D eigenvalue weighted by molar-refractivity contribution is 0.0997. The second-order valence-corrected chi connectivity index (χ2v) is 9.39. The lowest BCUT2D eigenvalue weighted by Crippen LogP contribution is -2.34. The van der Waals surface area contributed by atoms with Crippen LogP contribution in [0.15, 0.2) is 44.4 Å². The van der Waals surface area contributed by atoms with Crippen molar-refractivity contribution in [3.05, 3.63) is 79.9 Å². The van der Waals surface area contributed by atoms with Gasteiger partial charge in [0.1, 0.15) is 11.9 Å². The largest absolute Gasteiger partial charge is 0.434 e. The van der Waals surface area contributed by atoms with Crippen molar-refractivity contribution in [3.63, 3.8) is 0 Å². The molecule has 0 unspecified atom stereocenters. The topological polar surface area (TPSA) is 148 Å². The van der Waals surface area contributed by atoms with Crippen LogP contribution in [0.5, 0.6) is 0 Å². The standard InChI is InChI=1S/C21H22ClFN4O5S/c1-4-13(17-11(3)10(2)5-7-15(17)23)18(20-25-26-21(29)32-20)27-33(30,31)16-8-6-12(22)9-14(16)19(24)28/h5-9,13,18,27H,4H2,1-3H3,(H2,24,28)(H,26,29)/t13-,18+/m1/s1/i1D3. The van der Waals surface area contributed by atoms with Crippen LogP contribution in [0.1, 0.15) is 62.3 Å². The van der Waals surface area contributed by atoms with E-state index in [1.807, 2.05) is 5.10 Å². The molecule has 0 aliphatic heterocycles. The molecule has 12 heteroatoms. The molecule has 0 radical (unpaired) electrons. The smallest absolute Gasteiger partial charge is 0.391 e. The zero-order valence-electron chi connectivity index (χ0n) is 20.5. The first-order valence-corrected chi connectivity index (χ1v) is 11.4. The molecule has 0 aliphatic carbocycles. The van der Waals surface area contributed by atoms with Gasteiger partial charge in [0.05, 0.1) is 10.5 Å². The molecule has 2 aromatic carbocycles. The van der Waals surface area contributed by atoms with Gasteiger partial charge in [-0.05, 0) is 61.2 Å². The van der Waals surface area contributed by atoms with Crippen molar-refractivity contribution < 1.29 is 26.1 Å². The number of aromatic nitrogens is 2. The summed E-state index contributed by atoms with van der Waals surface area (Å²) in [5, 5.41) is 5.70. The molecule has 1 aromatic heterocycles. The van der Waals surface area contributed by atoms with Gasteiger partial charge >= 0.3 is 5.76 Å². The molecule has 9 nitrogen and oxygen atoms in total. The number of nitrogens with one attached hydrogen (secondary N) is 2. The van der Waals surface area contributed by atoms with E-state index in [1.54, 1.807) is 13.8 Å². The highest BCUT2D eigenvalue weighted by atomic mass is 35.5. The normalized spacial score (nSPS) is 15.3. The fraction of sp³-hybridized carbons (Fsp3) is 0.286. The monoisotopic (exact) mass is 499 g/mol. The van der Waals surface area contributed by atoms with Crippen LogP contribution in [0, 0.1) is 19.7 Å². The van der Waals surface area contributed by atoms with Crippen molar-refractivity contribution in [2.75, 3.05) is 0 Å². The molecule has 176 valence electrons. The fourth-order valence-corrected chi connectivity index (χ4v) is 5.08. The third kappa shape index (κ3) is 5.00.